The van der Waals surface area contributed by atoms with Gasteiger partial charge in [-0.15, -0.1) is 0 Å². The lowest BCUT2D eigenvalue weighted by atomic mass is 10.1. The summed E-state index contributed by atoms with van der Waals surface area (Å²) in [7, 11) is 3.08. The number of esters is 1. The maximum absolute atomic E-state index is 12.4. The second-order valence-electron chi connectivity index (χ2n) is 7.11. The molecule has 0 saturated carbocycles. The van der Waals surface area contributed by atoms with Crippen LogP contribution in [0.25, 0.3) is 23.4 Å². The van der Waals surface area contributed by atoms with Crippen molar-refractivity contribution in [1.82, 2.24) is 14.8 Å². The number of aryl methyl sites for hydroxylation is 1. The van der Waals surface area contributed by atoms with Gasteiger partial charge in [-0.1, -0.05) is 0 Å². The van der Waals surface area contributed by atoms with Crippen molar-refractivity contribution in [2.24, 2.45) is 0 Å². The van der Waals surface area contributed by atoms with Crippen LogP contribution >= 0.6 is 0 Å². The summed E-state index contributed by atoms with van der Waals surface area (Å²) in [6.45, 7) is 2.14. The van der Waals surface area contributed by atoms with Crippen molar-refractivity contribution in [3.63, 3.8) is 0 Å². The number of benzene rings is 1. The second-order valence-corrected chi connectivity index (χ2v) is 7.11. The average Bonchev–Trinajstić information content (AvgIpc) is 3.28. The molecule has 0 saturated heterocycles. The van der Waals surface area contributed by atoms with Crippen molar-refractivity contribution in [3.05, 3.63) is 63.6 Å². The van der Waals surface area contributed by atoms with E-state index in [9.17, 15) is 14.9 Å². The highest BCUT2D eigenvalue weighted by molar-refractivity contribution is 5.95. The van der Waals surface area contributed by atoms with Crippen molar-refractivity contribution >= 4 is 23.8 Å². The average molecular weight is 477 g/mol. The quantitative estimate of drug-likeness (QED) is 0.239. The maximum Gasteiger partial charge on any atom is 0.340 e. The monoisotopic (exact) mass is 477 g/mol. The molecule has 1 aromatic carbocycles. The predicted octanol–water partition coefficient (Wildman–Crippen LogP) is 4.13. The molecule has 0 amide bonds. The molecular formula is C24H23N5O6. The molecular weight excluding hydrogens is 454 g/mol. The van der Waals surface area contributed by atoms with E-state index < -0.39 is 10.9 Å². The second kappa shape index (κ2) is 11.4. The van der Waals surface area contributed by atoms with Crippen molar-refractivity contribution in [2.45, 2.75) is 19.9 Å². The zero-order valence-electron chi connectivity index (χ0n) is 19.4. The Hall–Kier alpha value is -4.72. The fourth-order valence-corrected chi connectivity index (χ4v) is 3.28. The van der Waals surface area contributed by atoms with Crippen molar-refractivity contribution in [1.29, 1.82) is 5.26 Å². The Labute approximate surface area is 201 Å². The normalized spacial score (nSPS) is 10.7. The van der Waals surface area contributed by atoms with E-state index in [0.29, 0.717) is 29.3 Å². The minimum Gasteiger partial charge on any atom is -0.493 e. The van der Waals surface area contributed by atoms with Crippen LogP contribution in [-0.4, -0.2) is 46.5 Å². The third-order valence-corrected chi connectivity index (χ3v) is 4.93. The SMILES string of the molecule is CCOC(=O)c1cc([N+](=O)[O-])cnc1/C=C\c1cn(CCC#N)nc1-c1ccc(OC)c(OC)c1. The Bertz CT molecular complexity index is 1310. The summed E-state index contributed by atoms with van der Waals surface area (Å²) in [5.74, 6) is 0.368. The maximum atomic E-state index is 12.4. The molecule has 11 nitrogen and oxygen atoms in total. The molecule has 0 unspecified atom stereocenters. The number of pyridine rings is 1. The van der Waals surface area contributed by atoms with Crippen LogP contribution in [0.4, 0.5) is 5.69 Å². The zero-order chi connectivity index (χ0) is 25.4. The highest BCUT2D eigenvalue weighted by Crippen LogP contribution is 2.33. The van der Waals surface area contributed by atoms with E-state index in [2.05, 4.69) is 16.2 Å². The van der Waals surface area contributed by atoms with E-state index in [4.69, 9.17) is 19.5 Å². The minimum atomic E-state index is -0.715. The smallest absolute Gasteiger partial charge is 0.340 e. The summed E-state index contributed by atoms with van der Waals surface area (Å²) in [6.07, 6.45) is 6.36. The zero-order valence-corrected chi connectivity index (χ0v) is 19.4. The third kappa shape index (κ3) is 5.80. The summed E-state index contributed by atoms with van der Waals surface area (Å²) < 4.78 is 17.4. The van der Waals surface area contributed by atoms with Gasteiger partial charge in [0, 0.05) is 23.4 Å². The molecule has 0 aliphatic heterocycles. The largest absolute Gasteiger partial charge is 0.493 e. The number of carbonyl (C=O) groups is 1. The van der Waals surface area contributed by atoms with Gasteiger partial charge in [0.15, 0.2) is 11.5 Å². The molecule has 3 rings (SSSR count). The van der Waals surface area contributed by atoms with Gasteiger partial charge in [-0.05, 0) is 37.3 Å². The van der Waals surface area contributed by atoms with Crippen LogP contribution in [0, 0.1) is 21.4 Å². The number of rotatable bonds is 10. The Balaban J connectivity index is 2.08. The summed E-state index contributed by atoms with van der Waals surface area (Å²) in [4.78, 5) is 27.0. The van der Waals surface area contributed by atoms with Gasteiger partial charge in [-0.2, -0.15) is 10.4 Å². The molecule has 0 aliphatic rings. The van der Waals surface area contributed by atoms with Crippen LogP contribution in [-0.2, 0) is 11.3 Å². The Morgan fingerprint density at radius 1 is 1.23 bits per heavy atom. The van der Waals surface area contributed by atoms with Gasteiger partial charge in [0.1, 0.15) is 6.20 Å². The van der Waals surface area contributed by atoms with E-state index in [1.807, 2.05) is 6.07 Å². The van der Waals surface area contributed by atoms with Crippen LogP contribution in [0.15, 0.2) is 36.7 Å². The first-order valence-corrected chi connectivity index (χ1v) is 10.6. The van der Waals surface area contributed by atoms with Gasteiger partial charge < -0.3 is 14.2 Å². The highest BCUT2D eigenvalue weighted by atomic mass is 16.6. The molecule has 0 aliphatic carbocycles. The number of carbonyl (C=O) groups excluding carboxylic acids is 1. The first-order chi connectivity index (χ1) is 16.9. The fraction of sp³-hybridized carbons (Fsp3) is 0.250. The Morgan fingerprint density at radius 3 is 2.66 bits per heavy atom. The van der Waals surface area contributed by atoms with Crippen molar-refractivity contribution < 1.29 is 23.9 Å². The lowest BCUT2D eigenvalue weighted by Gasteiger charge is -2.09. The van der Waals surface area contributed by atoms with Gasteiger partial charge in [-0.25, -0.2) is 9.78 Å². The van der Waals surface area contributed by atoms with E-state index in [1.54, 1.807) is 49.2 Å². The molecule has 0 bridgehead atoms. The van der Waals surface area contributed by atoms with Crippen LogP contribution in [0.1, 0.15) is 35.0 Å². The molecule has 180 valence electrons. The first-order valence-electron chi connectivity index (χ1n) is 10.6. The van der Waals surface area contributed by atoms with Crippen LogP contribution in [0.2, 0.25) is 0 Å². The van der Waals surface area contributed by atoms with E-state index in [1.165, 1.54) is 7.11 Å². The van der Waals surface area contributed by atoms with Gasteiger partial charge in [0.25, 0.3) is 5.69 Å². The van der Waals surface area contributed by atoms with Crippen molar-refractivity contribution in [2.75, 3.05) is 20.8 Å². The third-order valence-electron chi connectivity index (χ3n) is 4.93. The molecule has 0 fully saturated rings. The van der Waals surface area contributed by atoms with Gasteiger partial charge >= 0.3 is 5.97 Å². The minimum absolute atomic E-state index is 0.0261. The van der Waals surface area contributed by atoms with E-state index >= 15 is 0 Å². The van der Waals surface area contributed by atoms with Crippen molar-refractivity contribution in [3.8, 4) is 28.8 Å². The number of methoxy groups -OCH3 is 2. The molecule has 0 radical (unpaired) electrons. The molecule has 2 heterocycles. The number of ether oxygens (including phenoxy) is 3. The summed E-state index contributed by atoms with van der Waals surface area (Å²) in [5.41, 5.74) is 1.87. The lowest BCUT2D eigenvalue weighted by molar-refractivity contribution is -0.385. The van der Waals surface area contributed by atoms with Crippen LogP contribution in [0.5, 0.6) is 11.5 Å². The summed E-state index contributed by atoms with van der Waals surface area (Å²) in [6, 6.07) is 8.58. The summed E-state index contributed by atoms with van der Waals surface area (Å²) in [5, 5.41) is 24.7. The topological polar surface area (TPSA) is 142 Å². The highest BCUT2D eigenvalue weighted by Gasteiger charge is 2.19. The standard InChI is InChI=1S/C24H23N5O6/c1-4-35-24(30)19-13-18(29(31)32)14-26-20(19)8-6-17-15-28(11-5-10-25)27-23(17)16-7-9-21(33-2)22(12-16)34-3/h6-9,12-15H,4-5,11H2,1-3H3/b8-6-. The Morgan fingerprint density at radius 2 is 2.00 bits per heavy atom. The van der Waals surface area contributed by atoms with Gasteiger partial charge in [-0.3, -0.25) is 14.8 Å². The molecule has 0 spiro atoms. The fourth-order valence-electron chi connectivity index (χ4n) is 3.28. The number of nitrogens with zero attached hydrogens (tertiary/aromatic N) is 5. The molecule has 3 aromatic rings. The lowest BCUT2D eigenvalue weighted by Crippen LogP contribution is -2.08. The van der Waals surface area contributed by atoms with Crippen LogP contribution in [0.3, 0.4) is 0 Å². The number of aromatic nitrogens is 3. The van der Waals surface area contributed by atoms with E-state index in [-0.39, 0.29) is 30.0 Å². The van der Waals surface area contributed by atoms with Gasteiger partial charge in [0.05, 0.1) is 61.7 Å². The first kappa shape index (κ1) is 24.9. The number of hydrogen-bond acceptors (Lipinski definition) is 9. The Kier molecular flexibility index (Phi) is 8.13. The number of nitro groups is 1. The van der Waals surface area contributed by atoms with Gasteiger partial charge in [0.2, 0.25) is 0 Å². The number of nitriles is 1. The molecule has 35 heavy (non-hydrogen) atoms. The van der Waals surface area contributed by atoms with Crippen LogP contribution < -0.4 is 9.47 Å². The molecule has 2 aromatic heterocycles. The molecule has 0 atom stereocenters. The molecule has 0 N–H and O–H groups in total. The number of hydrogen-bond donors (Lipinski definition) is 0. The van der Waals surface area contributed by atoms with E-state index in [0.717, 1.165) is 17.8 Å². The summed E-state index contributed by atoms with van der Waals surface area (Å²) >= 11 is 0. The predicted molar refractivity (Wildman–Crippen MR) is 127 cm³/mol. The molecule has 11 heteroatoms.